The first kappa shape index (κ1) is 12.4. The molecule has 19 heavy (non-hydrogen) atoms. The van der Waals surface area contributed by atoms with Crippen molar-refractivity contribution in [2.75, 3.05) is 18.5 Å². The molecule has 2 heterocycles. The van der Waals surface area contributed by atoms with Crippen LogP contribution in [0.5, 0.6) is 0 Å². The number of nitrogens with zero attached hydrogens (tertiary/aromatic N) is 2. The topological polar surface area (TPSA) is 57.9 Å². The number of aromatic nitrogens is 1. The number of hydrogen-bond acceptors (Lipinski definition) is 4. The molecule has 1 aromatic heterocycles. The van der Waals surface area contributed by atoms with Gasteiger partial charge in [-0.3, -0.25) is 0 Å². The first-order valence-corrected chi connectivity index (χ1v) is 7.14. The van der Waals surface area contributed by atoms with E-state index in [-0.39, 0.29) is 6.04 Å². The van der Waals surface area contributed by atoms with Crippen molar-refractivity contribution < 1.29 is 4.74 Å². The number of rotatable bonds is 2. The largest absolute Gasteiger partial charge is 0.379 e. The van der Waals surface area contributed by atoms with Gasteiger partial charge in [-0.1, -0.05) is 0 Å². The van der Waals surface area contributed by atoms with Gasteiger partial charge in [0.15, 0.2) is 0 Å². The lowest BCUT2D eigenvalue weighted by atomic mass is 9.95. The molecule has 1 atom stereocenters. The molecule has 1 aromatic rings. The number of fused-ring (bicyclic) bond motifs is 1. The summed E-state index contributed by atoms with van der Waals surface area (Å²) in [6.45, 7) is 1.56. The van der Waals surface area contributed by atoms with Crippen molar-refractivity contribution in [1.29, 1.82) is 5.26 Å². The lowest BCUT2D eigenvalue weighted by molar-refractivity contribution is 0.0875. The van der Waals surface area contributed by atoms with E-state index in [1.807, 2.05) is 6.07 Å². The molecule has 0 radical (unpaired) electrons. The van der Waals surface area contributed by atoms with E-state index >= 15 is 0 Å². The van der Waals surface area contributed by atoms with E-state index in [2.05, 4.69) is 16.4 Å². The van der Waals surface area contributed by atoms with Crippen molar-refractivity contribution in [1.82, 2.24) is 4.98 Å². The van der Waals surface area contributed by atoms with Crippen LogP contribution < -0.4 is 5.32 Å². The molecular formula is C15H19N3O. The second kappa shape index (κ2) is 5.58. The molecular weight excluding hydrogens is 238 g/mol. The summed E-state index contributed by atoms with van der Waals surface area (Å²) in [6, 6.07) is 4.58. The minimum absolute atomic E-state index is 0.287. The molecule has 1 saturated heterocycles. The number of aryl methyl sites for hydroxylation is 2. The number of nitriles is 1. The Bertz CT molecular complexity index is 501. The Morgan fingerprint density at radius 3 is 3.00 bits per heavy atom. The van der Waals surface area contributed by atoms with Gasteiger partial charge in [0.05, 0.1) is 18.2 Å². The van der Waals surface area contributed by atoms with Crippen LogP contribution in [0.4, 0.5) is 5.82 Å². The highest BCUT2D eigenvalue weighted by Crippen LogP contribution is 2.25. The monoisotopic (exact) mass is 257 g/mol. The average Bonchev–Trinajstić information content (AvgIpc) is 2.47. The molecule has 3 rings (SSSR count). The van der Waals surface area contributed by atoms with Crippen LogP contribution in [0.2, 0.25) is 0 Å². The first-order valence-electron chi connectivity index (χ1n) is 7.14. The van der Waals surface area contributed by atoms with E-state index in [1.54, 1.807) is 0 Å². The summed E-state index contributed by atoms with van der Waals surface area (Å²) in [5.41, 5.74) is 3.10. The fraction of sp³-hybridized carbons (Fsp3) is 0.600. The van der Waals surface area contributed by atoms with Gasteiger partial charge in [0.1, 0.15) is 11.9 Å². The van der Waals surface area contributed by atoms with Crippen molar-refractivity contribution in [2.45, 2.75) is 44.6 Å². The summed E-state index contributed by atoms with van der Waals surface area (Å²) in [6.07, 6.45) is 6.68. The zero-order valence-electron chi connectivity index (χ0n) is 11.1. The molecule has 0 saturated carbocycles. The number of pyridine rings is 1. The van der Waals surface area contributed by atoms with Crippen molar-refractivity contribution >= 4 is 5.82 Å². The molecule has 1 N–H and O–H groups in total. The summed E-state index contributed by atoms with van der Waals surface area (Å²) >= 11 is 0. The fourth-order valence-corrected chi connectivity index (χ4v) is 2.88. The van der Waals surface area contributed by atoms with Gasteiger partial charge in [-0.2, -0.15) is 5.26 Å². The molecule has 0 amide bonds. The quantitative estimate of drug-likeness (QED) is 0.884. The van der Waals surface area contributed by atoms with Crippen LogP contribution in [0.3, 0.4) is 0 Å². The maximum absolute atomic E-state index is 9.29. The Balaban J connectivity index is 1.84. The summed E-state index contributed by atoms with van der Waals surface area (Å²) in [4.78, 5) is 4.69. The van der Waals surface area contributed by atoms with Crippen molar-refractivity contribution in [3.8, 4) is 6.07 Å². The maximum Gasteiger partial charge on any atom is 0.144 e. The lowest BCUT2D eigenvalue weighted by Crippen LogP contribution is -2.31. The third-order valence-electron chi connectivity index (χ3n) is 3.92. The van der Waals surface area contributed by atoms with Crippen molar-refractivity contribution in [2.24, 2.45) is 0 Å². The Hall–Kier alpha value is -1.60. The zero-order valence-corrected chi connectivity index (χ0v) is 11.1. The summed E-state index contributed by atoms with van der Waals surface area (Å²) in [5.74, 6) is 0.749. The van der Waals surface area contributed by atoms with Crippen molar-refractivity contribution in [3.05, 3.63) is 22.9 Å². The number of anilines is 1. The van der Waals surface area contributed by atoms with Crippen LogP contribution >= 0.6 is 0 Å². The van der Waals surface area contributed by atoms with Crippen molar-refractivity contribution in [3.63, 3.8) is 0 Å². The van der Waals surface area contributed by atoms with Crippen LogP contribution in [0, 0.1) is 11.3 Å². The van der Waals surface area contributed by atoms with Crippen LogP contribution in [0.15, 0.2) is 6.07 Å². The van der Waals surface area contributed by atoms with E-state index in [0.29, 0.717) is 12.2 Å². The van der Waals surface area contributed by atoms with Crippen LogP contribution in [-0.2, 0) is 17.6 Å². The fourth-order valence-electron chi connectivity index (χ4n) is 2.88. The van der Waals surface area contributed by atoms with Gasteiger partial charge in [-0.15, -0.1) is 0 Å². The summed E-state index contributed by atoms with van der Waals surface area (Å²) in [7, 11) is 0. The zero-order chi connectivity index (χ0) is 13.1. The summed E-state index contributed by atoms with van der Waals surface area (Å²) in [5, 5.41) is 12.7. The van der Waals surface area contributed by atoms with E-state index in [4.69, 9.17) is 4.74 Å². The highest BCUT2D eigenvalue weighted by Gasteiger charge is 2.19. The number of hydrogen-bond donors (Lipinski definition) is 1. The molecule has 2 aliphatic rings. The Labute approximate surface area is 113 Å². The highest BCUT2D eigenvalue weighted by molar-refractivity contribution is 5.55. The van der Waals surface area contributed by atoms with Crippen LogP contribution in [0.1, 0.15) is 42.5 Å². The third kappa shape index (κ3) is 2.71. The van der Waals surface area contributed by atoms with E-state index in [0.717, 1.165) is 38.1 Å². The Morgan fingerprint density at radius 1 is 1.32 bits per heavy atom. The molecule has 0 spiro atoms. The smallest absolute Gasteiger partial charge is 0.144 e. The molecule has 1 fully saturated rings. The van der Waals surface area contributed by atoms with Gasteiger partial charge in [-0.05, 0) is 50.2 Å². The molecule has 1 aliphatic carbocycles. The second-order valence-corrected chi connectivity index (χ2v) is 5.37. The molecule has 4 nitrogen and oxygen atoms in total. The van der Waals surface area contributed by atoms with E-state index < -0.39 is 0 Å². The minimum atomic E-state index is 0.287. The minimum Gasteiger partial charge on any atom is -0.379 e. The van der Waals surface area contributed by atoms with Gasteiger partial charge in [-0.25, -0.2) is 4.98 Å². The number of ether oxygens (including phenoxy) is 1. The average molecular weight is 257 g/mol. The van der Waals surface area contributed by atoms with Gasteiger partial charge >= 0.3 is 0 Å². The molecule has 0 aromatic carbocycles. The highest BCUT2D eigenvalue weighted by atomic mass is 16.5. The molecule has 1 aliphatic heterocycles. The molecule has 0 bridgehead atoms. The summed E-state index contributed by atoms with van der Waals surface area (Å²) < 4.78 is 5.47. The predicted molar refractivity (Wildman–Crippen MR) is 73.1 cm³/mol. The van der Waals surface area contributed by atoms with E-state index in [9.17, 15) is 5.26 Å². The van der Waals surface area contributed by atoms with Gasteiger partial charge in [0, 0.05) is 12.3 Å². The standard InChI is InChI=1S/C15H19N3O/c16-9-12-8-11-4-1-2-6-14(11)18-15(12)17-13-5-3-7-19-10-13/h8,13H,1-7,10H2,(H,17,18). The Kier molecular flexibility index (Phi) is 3.65. The molecule has 100 valence electrons. The van der Waals surface area contributed by atoms with Crippen LogP contribution in [0.25, 0.3) is 0 Å². The normalized spacial score (nSPS) is 22.4. The molecule has 1 unspecified atom stereocenters. The SMILES string of the molecule is N#Cc1cc2c(nc1NC1CCCOC1)CCCC2. The molecule has 4 heteroatoms. The second-order valence-electron chi connectivity index (χ2n) is 5.37. The first-order chi connectivity index (χ1) is 9.36. The van der Waals surface area contributed by atoms with Gasteiger partial charge in [0.25, 0.3) is 0 Å². The van der Waals surface area contributed by atoms with Gasteiger partial charge in [0.2, 0.25) is 0 Å². The lowest BCUT2D eigenvalue weighted by Gasteiger charge is -2.25. The maximum atomic E-state index is 9.29. The predicted octanol–water partition coefficient (Wildman–Crippen LogP) is 2.42. The Morgan fingerprint density at radius 2 is 2.21 bits per heavy atom. The number of nitrogens with one attached hydrogen (secondary N) is 1. The third-order valence-corrected chi connectivity index (χ3v) is 3.92. The van der Waals surface area contributed by atoms with Crippen LogP contribution in [-0.4, -0.2) is 24.2 Å². The van der Waals surface area contributed by atoms with E-state index in [1.165, 1.54) is 24.1 Å². The van der Waals surface area contributed by atoms with Gasteiger partial charge < -0.3 is 10.1 Å².